The molecule has 254 valence electrons. The highest BCUT2D eigenvalue weighted by Gasteiger charge is 2.38. The molecule has 2 unspecified atom stereocenters. The van der Waals surface area contributed by atoms with Crippen molar-refractivity contribution in [1.82, 2.24) is 16.0 Å². The maximum Gasteiger partial charge on any atom is 0.306 e. The van der Waals surface area contributed by atoms with E-state index in [-0.39, 0.29) is 42.4 Å². The lowest BCUT2D eigenvalue weighted by Gasteiger charge is -2.33. The summed E-state index contributed by atoms with van der Waals surface area (Å²) in [7, 11) is 0. The molecule has 0 radical (unpaired) electrons. The number of amides is 4. The standard InChI is InChI=1S/C32H38F2N4O9/c1-15(2)27(30(43)36-23-11-19(31(44)45)10-20(12-23)32(46)47)38-26(40)14-25(39)24(8-16-6-21(33)13-22(34)7-16)37-29(42)18-5-3-4-17(9-18)28(35)41/h3-7,9,13,15,19-20,23-25,27,39H,8,10-12,14H2,1-2H3,(H2,35,41)(H,36,43)(H,37,42)(H,38,40)(H,44,45)(H,46,47)/t19?,20?,23?,24-,25-,27-/m0/s1. The van der Waals surface area contributed by atoms with Gasteiger partial charge in [0.15, 0.2) is 0 Å². The fourth-order valence-corrected chi connectivity index (χ4v) is 5.56. The van der Waals surface area contributed by atoms with Crippen molar-refractivity contribution in [2.45, 2.75) is 70.2 Å². The van der Waals surface area contributed by atoms with Crippen LogP contribution in [0.3, 0.4) is 0 Å². The summed E-state index contributed by atoms with van der Waals surface area (Å²) < 4.78 is 27.9. The molecular formula is C32H38F2N4O9. The quantitative estimate of drug-likeness (QED) is 0.155. The fraction of sp³-hybridized carbons (Fsp3) is 0.438. The molecule has 2 aromatic rings. The highest BCUT2D eigenvalue weighted by Crippen LogP contribution is 2.30. The molecule has 0 saturated heterocycles. The Kier molecular flexibility index (Phi) is 12.5. The van der Waals surface area contributed by atoms with Crippen LogP contribution in [0.1, 0.15) is 65.8 Å². The van der Waals surface area contributed by atoms with Gasteiger partial charge in [0.05, 0.1) is 30.4 Å². The van der Waals surface area contributed by atoms with Crippen molar-refractivity contribution in [3.63, 3.8) is 0 Å². The zero-order chi connectivity index (χ0) is 35.0. The fourth-order valence-electron chi connectivity index (χ4n) is 5.56. The second kappa shape index (κ2) is 16.1. The predicted molar refractivity (Wildman–Crippen MR) is 162 cm³/mol. The Balaban J connectivity index is 1.75. The second-order valence-corrected chi connectivity index (χ2v) is 12.1. The van der Waals surface area contributed by atoms with Crippen LogP contribution in [0.4, 0.5) is 8.78 Å². The number of benzene rings is 2. The number of rotatable bonds is 14. The first kappa shape index (κ1) is 36.5. The molecule has 1 fully saturated rings. The Morgan fingerprint density at radius 2 is 1.45 bits per heavy atom. The predicted octanol–water partition coefficient (Wildman–Crippen LogP) is 1.37. The van der Waals surface area contributed by atoms with E-state index in [1.165, 1.54) is 24.3 Å². The molecule has 3 rings (SSSR count). The van der Waals surface area contributed by atoms with Gasteiger partial charge in [-0.15, -0.1) is 0 Å². The van der Waals surface area contributed by atoms with E-state index in [1.807, 2.05) is 0 Å². The number of carbonyl (C=O) groups is 6. The van der Waals surface area contributed by atoms with E-state index in [2.05, 4.69) is 16.0 Å². The number of nitrogens with one attached hydrogen (secondary N) is 3. The van der Waals surface area contributed by atoms with Crippen molar-refractivity contribution in [2.24, 2.45) is 23.5 Å². The van der Waals surface area contributed by atoms with Gasteiger partial charge in [0.2, 0.25) is 17.7 Å². The third-order valence-corrected chi connectivity index (χ3v) is 7.98. The van der Waals surface area contributed by atoms with E-state index in [0.29, 0.717) is 6.07 Å². The number of hydrogen-bond donors (Lipinski definition) is 7. The Labute approximate surface area is 268 Å². The van der Waals surface area contributed by atoms with Crippen LogP contribution in [-0.4, -0.2) is 75.1 Å². The number of carboxylic acids is 2. The van der Waals surface area contributed by atoms with E-state index in [4.69, 9.17) is 5.73 Å². The van der Waals surface area contributed by atoms with Gasteiger partial charge in [-0.1, -0.05) is 19.9 Å². The summed E-state index contributed by atoms with van der Waals surface area (Å²) in [5.41, 5.74) is 5.37. The van der Waals surface area contributed by atoms with Crippen LogP contribution in [0, 0.1) is 29.4 Å². The first-order valence-electron chi connectivity index (χ1n) is 14.9. The molecule has 13 nitrogen and oxygen atoms in total. The molecule has 47 heavy (non-hydrogen) atoms. The molecular weight excluding hydrogens is 622 g/mol. The third-order valence-electron chi connectivity index (χ3n) is 7.98. The zero-order valence-corrected chi connectivity index (χ0v) is 25.7. The molecule has 4 amide bonds. The number of carboxylic acid groups (broad SMARTS) is 2. The minimum absolute atomic E-state index is 0.00668. The maximum absolute atomic E-state index is 13.9. The number of nitrogens with two attached hydrogens (primary N) is 1. The second-order valence-electron chi connectivity index (χ2n) is 12.1. The number of aliphatic carboxylic acids is 2. The minimum Gasteiger partial charge on any atom is -0.481 e. The monoisotopic (exact) mass is 660 g/mol. The lowest BCUT2D eigenvalue weighted by atomic mass is 9.78. The average Bonchev–Trinajstić information content (AvgIpc) is 2.98. The Morgan fingerprint density at radius 3 is 1.98 bits per heavy atom. The highest BCUT2D eigenvalue weighted by molar-refractivity contribution is 5.99. The van der Waals surface area contributed by atoms with Gasteiger partial charge in [0.25, 0.3) is 5.91 Å². The molecule has 2 aromatic carbocycles. The van der Waals surface area contributed by atoms with Crippen LogP contribution in [-0.2, 0) is 25.6 Å². The van der Waals surface area contributed by atoms with Crippen LogP contribution in [0.5, 0.6) is 0 Å². The van der Waals surface area contributed by atoms with Crippen molar-refractivity contribution < 1.29 is 52.9 Å². The SMILES string of the molecule is CC(C)[C@H](NC(=O)C[C@H](O)[C@H](Cc1cc(F)cc(F)c1)NC(=O)c1cccc(C(N)=O)c1)C(=O)NC1CC(C(=O)O)CC(C(=O)O)C1. The minimum atomic E-state index is -1.63. The van der Waals surface area contributed by atoms with Gasteiger partial charge in [-0.2, -0.15) is 0 Å². The summed E-state index contributed by atoms with van der Waals surface area (Å²) in [4.78, 5) is 74.1. The van der Waals surface area contributed by atoms with Gasteiger partial charge < -0.3 is 37.0 Å². The van der Waals surface area contributed by atoms with Gasteiger partial charge in [-0.3, -0.25) is 28.8 Å². The van der Waals surface area contributed by atoms with Crippen molar-refractivity contribution in [3.05, 3.63) is 70.8 Å². The molecule has 0 spiro atoms. The van der Waals surface area contributed by atoms with Gasteiger partial charge in [-0.05, 0) is 67.5 Å². The lowest BCUT2D eigenvalue weighted by Crippen LogP contribution is -2.55. The molecule has 0 aromatic heterocycles. The summed E-state index contributed by atoms with van der Waals surface area (Å²) in [6, 6.07) is 4.80. The van der Waals surface area contributed by atoms with Gasteiger partial charge in [0, 0.05) is 23.2 Å². The van der Waals surface area contributed by atoms with Crippen LogP contribution in [0.15, 0.2) is 42.5 Å². The van der Waals surface area contributed by atoms with Crippen molar-refractivity contribution in [2.75, 3.05) is 0 Å². The third kappa shape index (κ3) is 10.6. The number of aliphatic hydroxyl groups excluding tert-OH is 1. The average molecular weight is 661 g/mol. The summed E-state index contributed by atoms with van der Waals surface area (Å²) in [5.74, 6) is -9.68. The Bertz CT molecular complexity index is 1480. The van der Waals surface area contributed by atoms with E-state index in [9.17, 15) is 52.9 Å². The summed E-state index contributed by atoms with van der Waals surface area (Å²) in [6.45, 7) is 3.26. The Morgan fingerprint density at radius 1 is 0.872 bits per heavy atom. The van der Waals surface area contributed by atoms with Crippen LogP contribution in [0.2, 0.25) is 0 Å². The van der Waals surface area contributed by atoms with Gasteiger partial charge in [-0.25, -0.2) is 8.78 Å². The van der Waals surface area contributed by atoms with E-state index < -0.39 is 95.6 Å². The number of aliphatic hydroxyl groups is 1. The normalized spacial score (nSPS) is 19.6. The molecule has 15 heteroatoms. The summed E-state index contributed by atoms with van der Waals surface area (Å²) in [6.07, 6.45) is -2.66. The van der Waals surface area contributed by atoms with Gasteiger partial charge >= 0.3 is 11.9 Å². The largest absolute Gasteiger partial charge is 0.481 e. The first-order chi connectivity index (χ1) is 22.0. The van der Waals surface area contributed by atoms with E-state index >= 15 is 0 Å². The summed E-state index contributed by atoms with van der Waals surface area (Å²) >= 11 is 0. The number of carbonyl (C=O) groups excluding carboxylic acids is 4. The molecule has 5 atom stereocenters. The van der Waals surface area contributed by atoms with Crippen LogP contribution < -0.4 is 21.7 Å². The molecule has 0 aliphatic heterocycles. The number of hydrogen-bond acceptors (Lipinski definition) is 7. The number of halogens is 2. The van der Waals surface area contributed by atoms with Crippen LogP contribution >= 0.6 is 0 Å². The number of primary amides is 1. The molecule has 1 aliphatic carbocycles. The van der Waals surface area contributed by atoms with Crippen molar-refractivity contribution in [3.8, 4) is 0 Å². The first-order valence-corrected chi connectivity index (χ1v) is 14.9. The Hall–Kier alpha value is -4.92. The maximum atomic E-state index is 13.9. The van der Waals surface area contributed by atoms with Crippen molar-refractivity contribution >= 4 is 35.6 Å². The smallest absolute Gasteiger partial charge is 0.306 e. The zero-order valence-electron chi connectivity index (χ0n) is 25.7. The van der Waals surface area contributed by atoms with Crippen molar-refractivity contribution in [1.29, 1.82) is 0 Å². The molecule has 0 bridgehead atoms. The molecule has 8 N–H and O–H groups in total. The highest BCUT2D eigenvalue weighted by atomic mass is 19.1. The van der Waals surface area contributed by atoms with Gasteiger partial charge in [0.1, 0.15) is 17.7 Å². The topological polar surface area (TPSA) is 225 Å². The molecule has 1 saturated carbocycles. The molecule has 1 aliphatic rings. The van der Waals surface area contributed by atoms with Crippen LogP contribution in [0.25, 0.3) is 0 Å². The van der Waals surface area contributed by atoms with E-state index in [0.717, 1.165) is 12.1 Å². The lowest BCUT2D eigenvalue weighted by molar-refractivity contribution is -0.149. The summed E-state index contributed by atoms with van der Waals surface area (Å²) in [5, 5.41) is 37.7. The molecule has 0 heterocycles. The van der Waals surface area contributed by atoms with E-state index in [1.54, 1.807) is 13.8 Å².